The summed E-state index contributed by atoms with van der Waals surface area (Å²) in [5.74, 6) is 0.976. The third-order valence-electron chi connectivity index (χ3n) is 3.11. The summed E-state index contributed by atoms with van der Waals surface area (Å²) >= 11 is 0. The highest BCUT2D eigenvalue weighted by molar-refractivity contribution is 5.67. The second-order valence-electron chi connectivity index (χ2n) is 4.45. The van der Waals surface area contributed by atoms with Crippen LogP contribution in [0, 0.1) is 0 Å². The maximum absolute atomic E-state index is 11.4. The number of hydrogen-bond acceptors (Lipinski definition) is 5. The van der Waals surface area contributed by atoms with Crippen molar-refractivity contribution >= 4 is 11.9 Å². The molecule has 0 unspecified atom stereocenters. The number of nitrogens with zero attached hydrogens (tertiary/aromatic N) is 2. The van der Waals surface area contributed by atoms with Gasteiger partial charge in [-0.15, -0.1) is 0 Å². The number of carbonyl (C=O) groups is 1. The number of amides is 1. The second kappa shape index (κ2) is 6.94. The molecule has 1 aromatic heterocycles. The summed E-state index contributed by atoms with van der Waals surface area (Å²) in [5, 5.41) is 11.4. The zero-order valence-electron chi connectivity index (χ0n) is 10.8. The molecule has 0 aliphatic carbocycles. The van der Waals surface area contributed by atoms with Gasteiger partial charge < -0.3 is 20.1 Å². The van der Waals surface area contributed by atoms with Crippen molar-refractivity contribution in [3.63, 3.8) is 0 Å². The number of anilines is 1. The molecule has 6 nitrogen and oxygen atoms in total. The van der Waals surface area contributed by atoms with Gasteiger partial charge in [-0.3, -0.25) is 0 Å². The number of nitrogens with one attached hydrogen (secondary N) is 1. The molecule has 2 heterocycles. The molecule has 1 aliphatic heterocycles. The summed E-state index contributed by atoms with van der Waals surface area (Å²) in [5.41, 5.74) is 0. The van der Waals surface area contributed by atoms with Gasteiger partial charge in [0.05, 0.1) is 6.61 Å². The molecule has 2 rings (SSSR count). The molecule has 1 aliphatic rings. The van der Waals surface area contributed by atoms with E-state index >= 15 is 0 Å². The number of aliphatic hydroxyl groups is 1. The van der Waals surface area contributed by atoms with Gasteiger partial charge in [0.15, 0.2) is 0 Å². The van der Waals surface area contributed by atoms with Gasteiger partial charge in [-0.05, 0) is 25.0 Å². The molecule has 19 heavy (non-hydrogen) atoms. The van der Waals surface area contributed by atoms with E-state index in [-0.39, 0.29) is 19.3 Å². The number of piperidine rings is 1. The number of ether oxygens (including phenoxy) is 1. The van der Waals surface area contributed by atoms with Crippen LogP contribution in [0.15, 0.2) is 24.4 Å². The highest BCUT2D eigenvalue weighted by Crippen LogP contribution is 2.17. The zero-order chi connectivity index (χ0) is 13.5. The van der Waals surface area contributed by atoms with Gasteiger partial charge in [-0.2, -0.15) is 0 Å². The lowest BCUT2D eigenvalue weighted by molar-refractivity contribution is 0.115. The Morgan fingerprint density at radius 2 is 2.26 bits per heavy atom. The van der Waals surface area contributed by atoms with E-state index in [0.29, 0.717) is 0 Å². The quantitative estimate of drug-likeness (QED) is 0.841. The highest BCUT2D eigenvalue weighted by atomic mass is 16.6. The van der Waals surface area contributed by atoms with E-state index in [4.69, 9.17) is 9.84 Å². The number of aliphatic hydroxyl groups excluding tert-OH is 1. The molecular weight excluding hydrogens is 246 g/mol. The van der Waals surface area contributed by atoms with Gasteiger partial charge in [0.1, 0.15) is 12.4 Å². The van der Waals surface area contributed by atoms with E-state index in [2.05, 4.69) is 15.2 Å². The molecule has 0 radical (unpaired) electrons. The van der Waals surface area contributed by atoms with Gasteiger partial charge in [0.2, 0.25) is 0 Å². The molecule has 6 heteroatoms. The topological polar surface area (TPSA) is 74.7 Å². The summed E-state index contributed by atoms with van der Waals surface area (Å²) in [6, 6.07) is 5.99. The predicted molar refractivity (Wildman–Crippen MR) is 71.0 cm³/mol. The lowest BCUT2D eigenvalue weighted by Gasteiger charge is -2.32. The SMILES string of the molecule is O=C(NC1CCN(c2ccccn2)CC1)OCCO. The average molecular weight is 265 g/mol. The van der Waals surface area contributed by atoms with Crippen molar-refractivity contribution in [2.45, 2.75) is 18.9 Å². The van der Waals surface area contributed by atoms with Crippen LogP contribution in [-0.2, 0) is 4.74 Å². The average Bonchev–Trinajstić information content (AvgIpc) is 2.47. The first-order chi connectivity index (χ1) is 9.29. The van der Waals surface area contributed by atoms with Crippen molar-refractivity contribution in [3.8, 4) is 0 Å². The Morgan fingerprint density at radius 1 is 1.47 bits per heavy atom. The molecule has 1 aromatic rings. The van der Waals surface area contributed by atoms with Gasteiger partial charge >= 0.3 is 6.09 Å². The van der Waals surface area contributed by atoms with Crippen LogP contribution >= 0.6 is 0 Å². The maximum atomic E-state index is 11.4. The molecule has 0 spiro atoms. The van der Waals surface area contributed by atoms with E-state index in [0.717, 1.165) is 31.7 Å². The summed E-state index contributed by atoms with van der Waals surface area (Å²) in [4.78, 5) is 17.9. The third-order valence-corrected chi connectivity index (χ3v) is 3.11. The standard InChI is InChI=1S/C13H19N3O3/c17-9-10-19-13(18)15-11-4-7-16(8-5-11)12-3-1-2-6-14-12/h1-3,6,11,17H,4-5,7-10H2,(H,15,18). The fourth-order valence-corrected chi connectivity index (χ4v) is 2.14. The maximum Gasteiger partial charge on any atom is 0.407 e. The first-order valence-corrected chi connectivity index (χ1v) is 6.49. The molecule has 2 N–H and O–H groups in total. The van der Waals surface area contributed by atoms with E-state index in [1.165, 1.54) is 0 Å². The van der Waals surface area contributed by atoms with Crippen LogP contribution in [0.5, 0.6) is 0 Å². The summed E-state index contributed by atoms with van der Waals surface area (Å²) in [7, 11) is 0. The molecular formula is C13H19N3O3. The van der Waals surface area contributed by atoms with Crippen LogP contribution in [0.3, 0.4) is 0 Å². The number of carbonyl (C=O) groups excluding carboxylic acids is 1. The lowest BCUT2D eigenvalue weighted by Crippen LogP contribution is -2.45. The van der Waals surface area contributed by atoms with Crippen molar-refractivity contribution < 1.29 is 14.6 Å². The Kier molecular flexibility index (Phi) is 4.97. The Bertz CT molecular complexity index is 391. The van der Waals surface area contributed by atoms with Gasteiger partial charge in [-0.25, -0.2) is 9.78 Å². The van der Waals surface area contributed by atoms with Crippen molar-refractivity contribution in [2.75, 3.05) is 31.2 Å². The molecule has 1 saturated heterocycles. The Labute approximate surface area is 112 Å². The van der Waals surface area contributed by atoms with Crippen LogP contribution in [0.1, 0.15) is 12.8 Å². The molecule has 104 valence electrons. The molecule has 0 saturated carbocycles. The Morgan fingerprint density at radius 3 is 2.89 bits per heavy atom. The molecule has 0 aromatic carbocycles. The first kappa shape index (κ1) is 13.6. The first-order valence-electron chi connectivity index (χ1n) is 6.49. The van der Waals surface area contributed by atoms with Crippen LogP contribution in [0.4, 0.5) is 10.6 Å². The van der Waals surface area contributed by atoms with Crippen molar-refractivity contribution in [1.82, 2.24) is 10.3 Å². The van der Waals surface area contributed by atoms with Crippen molar-refractivity contribution in [3.05, 3.63) is 24.4 Å². The van der Waals surface area contributed by atoms with Gasteiger partial charge in [-0.1, -0.05) is 6.07 Å². The minimum absolute atomic E-state index is 0.0403. The summed E-state index contributed by atoms with van der Waals surface area (Å²) in [6.45, 7) is 1.62. The smallest absolute Gasteiger partial charge is 0.407 e. The third kappa shape index (κ3) is 4.10. The normalized spacial score (nSPS) is 16.2. The van der Waals surface area contributed by atoms with E-state index in [9.17, 15) is 4.79 Å². The zero-order valence-corrected chi connectivity index (χ0v) is 10.8. The second-order valence-corrected chi connectivity index (χ2v) is 4.45. The Hall–Kier alpha value is -1.82. The predicted octanol–water partition coefficient (Wildman–Crippen LogP) is 0.769. The van der Waals surface area contributed by atoms with E-state index < -0.39 is 6.09 Å². The minimum atomic E-state index is -0.453. The summed E-state index contributed by atoms with van der Waals surface area (Å²) < 4.78 is 4.78. The molecule has 1 amide bonds. The van der Waals surface area contributed by atoms with Crippen LogP contribution in [-0.4, -0.2) is 48.5 Å². The number of pyridine rings is 1. The largest absolute Gasteiger partial charge is 0.447 e. The monoisotopic (exact) mass is 265 g/mol. The number of rotatable bonds is 4. The molecule has 0 bridgehead atoms. The van der Waals surface area contributed by atoms with Crippen LogP contribution in [0.25, 0.3) is 0 Å². The van der Waals surface area contributed by atoms with Gasteiger partial charge in [0.25, 0.3) is 0 Å². The lowest BCUT2D eigenvalue weighted by atomic mass is 10.1. The minimum Gasteiger partial charge on any atom is -0.447 e. The number of alkyl carbamates (subject to hydrolysis) is 1. The van der Waals surface area contributed by atoms with E-state index in [1.54, 1.807) is 6.20 Å². The van der Waals surface area contributed by atoms with Gasteiger partial charge in [0, 0.05) is 25.3 Å². The van der Waals surface area contributed by atoms with Crippen LogP contribution < -0.4 is 10.2 Å². The Balaban J connectivity index is 1.75. The van der Waals surface area contributed by atoms with E-state index in [1.807, 2.05) is 18.2 Å². The molecule has 1 fully saturated rings. The molecule has 0 atom stereocenters. The highest BCUT2D eigenvalue weighted by Gasteiger charge is 2.21. The fourth-order valence-electron chi connectivity index (χ4n) is 2.14. The number of hydrogen-bond donors (Lipinski definition) is 2. The van der Waals surface area contributed by atoms with Crippen molar-refractivity contribution in [2.24, 2.45) is 0 Å². The van der Waals surface area contributed by atoms with Crippen LogP contribution in [0.2, 0.25) is 0 Å². The number of aromatic nitrogens is 1. The fraction of sp³-hybridized carbons (Fsp3) is 0.538. The van der Waals surface area contributed by atoms with Crippen molar-refractivity contribution in [1.29, 1.82) is 0 Å². The summed E-state index contributed by atoms with van der Waals surface area (Å²) in [6.07, 6.45) is 3.06.